The van der Waals surface area contributed by atoms with Gasteiger partial charge in [-0.25, -0.2) is 9.97 Å². The van der Waals surface area contributed by atoms with Gasteiger partial charge in [-0.1, -0.05) is 72.8 Å². The summed E-state index contributed by atoms with van der Waals surface area (Å²) < 4.78 is 0. The zero-order chi connectivity index (χ0) is 18.9. The molecular formula is C27H16N2. The molecule has 0 unspecified atom stereocenters. The van der Waals surface area contributed by atoms with Crippen LogP contribution in [0, 0.1) is 0 Å². The molecule has 0 radical (unpaired) electrons. The van der Waals surface area contributed by atoms with Crippen LogP contribution in [0.4, 0.5) is 0 Å². The molecule has 2 nitrogen and oxygen atoms in total. The molecule has 1 aliphatic rings. The Balaban J connectivity index is 1.66. The van der Waals surface area contributed by atoms with Crippen LogP contribution < -0.4 is 0 Å². The zero-order valence-corrected chi connectivity index (χ0v) is 15.7. The Kier molecular flexibility index (Phi) is 2.82. The number of rotatable bonds is 0. The highest BCUT2D eigenvalue weighted by Gasteiger charge is 2.20. The Hall–Kier alpha value is -3.78. The maximum atomic E-state index is 5.14. The van der Waals surface area contributed by atoms with Gasteiger partial charge in [0.15, 0.2) is 0 Å². The molecule has 1 aromatic heterocycles. The fourth-order valence-corrected chi connectivity index (χ4v) is 4.91. The van der Waals surface area contributed by atoms with Crippen LogP contribution in [-0.4, -0.2) is 9.97 Å². The summed E-state index contributed by atoms with van der Waals surface area (Å²) in [6.07, 6.45) is 0.972. The van der Waals surface area contributed by atoms with E-state index >= 15 is 0 Å². The Bertz CT molecular complexity index is 1630. The molecule has 2 heteroatoms. The lowest BCUT2D eigenvalue weighted by Gasteiger charge is -2.11. The van der Waals surface area contributed by atoms with Gasteiger partial charge in [-0.2, -0.15) is 0 Å². The summed E-state index contributed by atoms with van der Waals surface area (Å²) in [4.78, 5) is 10.3. The molecule has 7 rings (SSSR count). The second-order valence-electron chi connectivity index (χ2n) is 7.84. The molecule has 5 aromatic carbocycles. The second kappa shape index (κ2) is 5.39. The van der Waals surface area contributed by atoms with Gasteiger partial charge in [0.1, 0.15) is 0 Å². The molecule has 1 aliphatic carbocycles. The van der Waals surface area contributed by atoms with Crippen molar-refractivity contribution in [2.24, 2.45) is 0 Å². The van der Waals surface area contributed by atoms with Crippen molar-refractivity contribution in [3.05, 3.63) is 96.1 Å². The highest BCUT2D eigenvalue weighted by atomic mass is 14.8. The van der Waals surface area contributed by atoms with Gasteiger partial charge in [0.25, 0.3) is 0 Å². The lowest BCUT2D eigenvalue weighted by Crippen LogP contribution is -1.93. The molecule has 1 heterocycles. The predicted molar refractivity (Wildman–Crippen MR) is 120 cm³/mol. The van der Waals surface area contributed by atoms with Gasteiger partial charge in [-0.3, -0.25) is 0 Å². The van der Waals surface area contributed by atoms with Crippen LogP contribution >= 0.6 is 0 Å². The third-order valence-corrected chi connectivity index (χ3v) is 6.23. The van der Waals surface area contributed by atoms with E-state index in [4.69, 9.17) is 9.97 Å². The van der Waals surface area contributed by atoms with Crippen molar-refractivity contribution >= 4 is 43.6 Å². The van der Waals surface area contributed by atoms with Crippen molar-refractivity contribution < 1.29 is 0 Å². The van der Waals surface area contributed by atoms with Crippen molar-refractivity contribution in [3.8, 4) is 11.1 Å². The maximum absolute atomic E-state index is 5.14. The normalized spacial score (nSPS) is 12.7. The minimum atomic E-state index is 0.966. The third-order valence-electron chi connectivity index (χ3n) is 6.23. The number of benzene rings is 5. The first kappa shape index (κ1) is 15.2. The molecule has 0 atom stereocenters. The standard InChI is InChI=1S/C27H16N2/c1-2-8-18-16(7-1)13-17-14-24-25(15-23(17)18)29-27-22-12-6-4-10-20(22)19-9-3-5-11-21(19)26(27)28-24/h1-12,14-15H,13H2. The Morgan fingerprint density at radius 1 is 0.483 bits per heavy atom. The van der Waals surface area contributed by atoms with Crippen LogP contribution in [0.3, 0.4) is 0 Å². The summed E-state index contributed by atoms with van der Waals surface area (Å²) in [5.74, 6) is 0. The molecule has 29 heavy (non-hydrogen) atoms. The quantitative estimate of drug-likeness (QED) is 0.221. The molecule has 6 aromatic rings. The molecule has 0 bridgehead atoms. The first-order valence-electron chi connectivity index (χ1n) is 9.99. The molecule has 0 N–H and O–H groups in total. The molecule has 0 fully saturated rings. The Morgan fingerprint density at radius 3 is 1.72 bits per heavy atom. The van der Waals surface area contributed by atoms with Crippen molar-refractivity contribution in [1.82, 2.24) is 9.97 Å². The summed E-state index contributed by atoms with van der Waals surface area (Å²) in [5, 5.41) is 4.80. The molecule has 0 spiro atoms. The van der Waals surface area contributed by atoms with Gasteiger partial charge in [-0.05, 0) is 51.6 Å². The van der Waals surface area contributed by atoms with E-state index in [0.29, 0.717) is 0 Å². The van der Waals surface area contributed by atoms with E-state index in [1.165, 1.54) is 38.4 Å². The summed E-state index contributed by atoms with van der Waals surface area (Å²) in [5.41, 5.74) is 9.27. The molecular weight excluding hydrogens is 352 g/mol. The molecule has 0 saturated heterocycles. The number of aromatic nitrogens is 2. The van der Waals surface area contributed by atoms with Gasteiger partial charge in [0.2, 0.25) is 0 Å². The fourth-order valence-electron chi connectivity index (χ4n) is 4.91. The zero-order valence-electron chi connectivity index (χ0n) is 15.7. The molecule has 134 valence electrons. The minimum Gasteiger partial charge on any atom is -0.244 e. The van der Waals surface area contributed by atoms with E-state index in [0.717, 1.165) is 33.9 Å². The smallest absolute Gasteiger partial charge is 0.0979 e. The summed E-state index contributed by atoms with van der Waals surface area (Å²) in [6.45, 7) is 0. The topological polar surface area (TPSA) is 25.8 Å². The van der Waals surface area contributed by atoms with Gasteiger partial charge >= 0.3 is 0 Å². The van der Waals surface area contributed by atoms with Crippen LogP contribution in [-0.2, 0) is 6.42 Å². The SMILES string of the molecule is c1ccc2c(c1)Cc1cc3nc4c5ccccc5c5ccccc5c4nc3cc1-2. The highest BCUT2D eigenvalue weighted by molar-refractivity contribution is 6.23. The first-order valence-corrected chi connectivity index (χ1v) is 9.99. The van der Waals surface area contributed by atoms with Crippen LogP contribution in [0.2, 0.25) is 0 Å². The maximum Gasteiger partial charge on any atom is 0.0979 e. The molecule has 0 amide bonds. The van der Waals surface area contributed by atoms with Crippen molar-refractivity contribution in [3.63, 3.8) is 0 Å². The average Bonchev–Trinajstić information content (AvgIpc) is 3.14. The molecule has 0 saturated carbocycles. The largest absolute Gasteiger partial charge is 0.244 e. The van der Waals surface area contributed by atoms with E-state index in [9.17, 15) is 0 Å². The first-order chi connectivity index (χ1) is 14.4. The van der Waals surface area contributed by atoms with E-state index in [-0.39, 0.29) is 0 Å². The van der Waals surface area contributed by atoms with Crippen LogP contribution in [0.5, 0.6) is 0 Å². The van der Waals surface area contributed by atoms with Gasteiger partial charge in [0, 0.05) is 10.8 Å². The van der Waals surface area contributed by atoms with Crippen molar-refractivity contribution in [1.29, 1.82) is 0 Å². The highest BCUT2D eigenvalue weighted by Crippen LogP contribution is 2.39. The van der Waals surface area contributed by atoms with E-state index in [2.05, 4.69) is 84.9 Å². The minimum absolute atomic E-state index is 0.966. The molecule has 0 aliphatic heterocycles. The number of hydrogen-bond donors (Lipinski definition) is 0. The van der Waals surface area contributed by atoms with E-state index in [1.807, 2.05) is 0 Å². The van der Waals surface area contributed by atoms with Crippen molar-refractivity contribution in [2.45, 2.75) is 6.42 Å². The number of nitrogens with zero attached hydrogens (tertiary/aromatic N) is 2. The lowest BCUT2D eigenvalue weighted by atomic mass is 9.99. The summed E-state index contributed by atoms with van der Waals surface area (Å²) in [6, 6.07) is 30.2. The lowest BCUT2D eigenvalue weighted by molar-refractivity contribution is 1.26. The Morgan fingerprint density at radius 2 is 1.03 bits per heavy atom. The summed E-state index contributed by atoms with van der Waals surface area (Å²) >= 11 is 0. The predicted octanol–water partition coefficient (Wildman–Crippen LogP) is 6.66. The van der Waals surface area contributed by atoms with E-state index < -0.39 is 0 Å². The van der Waals surface area contributed by atoms with Crippen LogP contribution in [0.15, 0.2) is 84.9 Å². The van der Waals surface area contributed by atoms with Gasteiger partial charge < -0.3 is 0 Å². The third kappa shape index (κ3) is 2.01. The summed E-state index contributed by atoms with van der Waals surface area (Å²) in [7, 11) is 0. The number of fused-ring (bicyclic) bond motifs is 10. The van der Waals surface area contributed by atoms with Crippen LogP contribution in [0.25, 0.3) is 54.7 Å². The van der Waals surface area contributed by atoms with Crippen molar-refractivity contribution in [2.75, 3.05) is 0 Å². The number of hydrogen-bond acceptors (Lipinski definition) is 2. The second-order valence-corrected chi connectivity index (χ2v) is 7.84. The van der Waals surface area contributed by atoms with Crippen LogP contribution in [0.1, 0.15) is 11.1 Å². The Labute approximate surface area is 167 Å². The van der Waals surface area contributed by atoms with Gasteiger partial charge in [-0.15, -0.1) is 0 Å². The average molecular weight is 368 g/mol. The van der Waals surface area contributed by atoms with Gasteiger partial charge in [0.05, 0.1) is 22.1 Å². The van der Waals surface area contributed by atoms with E-state index in [1.54, 1.807) is 0 Å². The fraction of sp³-hybridized carbons (Fsp3) is 0.0370. The monoisotopic (exact) mass is 368 g/mol.